The van der Waals surface area contributed by atoms with E-state index in [0.29, 0.717) is 5.69 Å². The minimum absolute atomic E-state index is 0.661. The van der Waals surface area contributed by atoms with E-state index in [9.17, 15) is 4.57 Å². The first-order chi connectivity index (χ1) is 5.47. The molecule has 2 nitrogen and oxygen atoms in total. The van der Waals surface area contributed by atoms with Gasteiger partial charge in [-0.15, -0.1) is 0 Å². The van der Waals surface area contributed by atoms with Gasteiger partial charge in [0.1, 0.15) is 0 Å². The predicted molar refractivity (Wildman–Crippen MR) is 54.1 cm³/mol. The summed E-state index contributed by atoms with van der Waals surface area (Å²) in [6, 6.07) is 7.30. The van der Waals surface area contributed by atoms with Crippen molar-refractivity contribution in [2.24, 2.45) is 0 Å². The summed E-state index contributed by atoms with van der Waals surface area (Å²) in [7, 11) is 0. The number of hydrogen-bond donors (Lipinski definition) is 1. The Morgan fingerprint density at radius 2 is 1.75 bits per heavy atom. The Hall–Kier alpha value is -0.170. The van der Waals surface area contributed by atoms with Crippen LogP contribution in [0.4, 0.5) is 5.69 Å². The Bertz CT molecular complexity index is 306. The molecule has 12 heavy (non-hydrogen) atoms. The maximum absolute atomic E-state index is 10.9. The lowest BCUT2D eigenvalue weighted by Crippen LogP contribution is -1.85. The van der Waals surface area contributed by atoms with Crippen LogP contribution in [0.2, 0.25) is 0 Å². The molecule has 0 aliphatic carbocycles. The van der Waals surface area contributed by atoms with Crippen LogP contribution in [0, 0.1) is 6.92 Å². The lowest BCUT2D eigenvalue weighted by molar-refractivity contribution is 0.595. The van der Waals surface area contributed by atoms with Gasteiger partial charge in [0.25, 0.3) is 0 Å². The normalized spacial score (nSPS) is 11.2. The summed E-state index contributed by atoms with van der Waals surface area (Å²) in [4.78, 5) is 0. The van der Waals surface area contributed by atoms with Crippen molar-refractivity contribution < 1.29 is 4.57 Å². The van der Waals surface area contributed by atoms with Gasteiger partial charge in [-0.3, -0.25) is 4.57 Å². The number of rotatable bonds is 2. The van der Waals surface area contributed by atoms with Gasteiger partial charge >= 0.3 is 6.00 Å². The minimum Gasteiger partial charge on any atom is -0.313 e. The summed E-state index contributed by atoms with van der Waals surface area (Å²) in [6.07, 6.45) is 0. The smallest absolute Gasteiger partial charge is 0.313 e. The topological polar surface area (TPSA) is 29.1 Å². The van der Waals surface area contributed by atoms with Gasteiger partial charge in [-0.2, -0.15) is 0 Å². The fourth-order valence-corrected chi connectivity index (χ4v) is 1.81. The SMILES string of the molecule is Cc1ccc(NP(=O)(Cl)Cl)cc1. The third kappa shape index (κ3) is 3.48. The first-order valence-electron chi connectivity index (χ1n) is 3.32. The second kappa shape index (κ2) is 3.69. The summed E-state index contributed by atoms with van der Waals surface area (Å²) < 4.78 is 10.9. The van der Waals surface area contributed by atoms with Crippen molar-refractivity contribution in [3.63, 3.8) is 0 Å². The van der Waals surface area contributed by atoms with E-state index < -0.39 is 6.00 Å². The average Bonchev–Trinajstić information content (AvgIpc) is 1.91. The second-order valence-corrected chi connectivity index (χ2v) is 6.96. The first kappa shape index (κ1) is 9.91. The zero-order valence-electron chi connectivity index (χ0n) is 6.42. The van der Waals surface area contributed by atoms with Gasteiger partial charge in [0.2, 0.25) is 0 Å². The Morgan fingerprint density at radius 3 is 2.17 bits per heavy atom. The number of halogens is 2. The highest BCUT2D eigenvalue weighted by Gasteiger charge is 2.11. The van der Waals surface area contributed by atoms with Crippen LogP contribution in [-0.4, -0.2) is 0 Å². The fraction of sp³-hybridized carbons (Fsp3) is 0.143. The summed E-state index contributed by atoms with van der Waals surface area (Å²) in [5, 5.41) is 2.49. The fourth-order valence-electron chi connectivity index (χ4n) is 0.778. The highest BCUT2D eigenvalue weighted by atomic mass is 35.9. The molecule has 0 fully saturated rings. The van der Waals surface area contributed by atoms with Gasteiger partial charge in [0.15, 0.2) is 0 Å². The first-order valence-corrected chi connectivity index (χ1v) is 6.83. The molecule has 5 heteroatoms. The van der Waals surface area contributed by atoms with Gasteiger partial charge in [-0.25, -0.2) is 0 Å². The molecular weight excluding hydrogens is 216 g/mol. The highest BCUT2D eigenvalue weighted by molar-refractivity contribution is 8.09. The molecular formula is C7H8Cl2NOP. The van der Waals surface area contributed by atoms with Crippen LogP contribution in [0.25, 0.3) is 0 Å². The number of aryl methyl sites for hydroxylation is 1. The van der Waals surface area contributed by atoms with E-state index in [1.807, 2.05) is 19.1 Å². The van der Waals surface area contributed by atoms with Crippen LogP contribution >= 0.6 is 28.5 Å². The third-order valence-corrected chi connectivity index (χ3v) is 2.34. The van der Waals surface area contributed by atoms with Gasteiger partial charge < -0.3 is 5.09 Å². The molecule has 0 spiro atoms. The summed E-state index contributed by atoms with van der Waals surface area (Å²) in [5.41, 5.74) is 1.79. The molecule has 0 saturated carbocycles. The summed E-state index contributed by atoms with van der Waals surface area (Å²) >= 11 is 10.6. The molecule has 1 rings (SSSR count). The van der Waals surface area contributed by atoms with Crippen LogP contribution in [-0.2, 0) is 4.57 Å². The monoisotopic (exact) mass is 223 g/mol. The van der Waals surface area contributed by atoms with E-state index in [2.05, 4.69) is 5.09 Å². The third-order valence-electron chi connectivity index (χ3n) is 1.31. The second-order valence-electron chi connectivity index (χ2n) is 2.44. The van der Waals surface area contributed by atoms with Gasteiger partial charge in [0, 0.05) is 5.69 Å². The maximum Gasteiger partial charge on any atom is 0.343 e. The average molecular weight is 224 g/mol. The van der Waals surface area contributed by atoms with E-state index in [1.54, 1.807) is 12.1 Å². The van der Waals surface area contributed by atoms with E-state index in [-0.39, 0.29) is 0 Å². The molecule has 0 radical (unpaired) electrons. The number of hydrogen-bond acceptors (Lipinski definition) is 1. The molecule has 0 amide bonds. The molecule has 0 atom stereocenters. The van der Waals surface area contributed by atoms with Crippen molar-refractivity contribution >= 4 is 34.2 Å². The van der Waals surface area contributed by atoms with E-state index in [0.717, 1.165) is 5.56 Å². The zero-order chi connectivity index (χ0) is 9.19. The predicted octanol–water partition coefficient (Wildman–Crippen LogP) is 3.99. The van der Waals surface area contributed by atoms with Crippen molar-refractivity contribution in [3.8, 4) is 0 Å². The lowest BCUT2D eigenvalue weighted by atomic mass is 10.2. The minimum atomic E-state index is -3.21. The highest BCUT2D eigenvalue weighted by Crippen LogP contribution is 2.55. The Morgan fingerprint density at radius 1 is 1.25 bits per heavy atom. The summed E-state index contributed by atoms with van der Waals surface area (Å²) in [5.74, 6) is -3.21. The zero-order valence-corrected chi connectivity index (χ0v) is 8.83. The van der Waals surface area contributed by atoms with Crippen LogP contribution < -0.4 is 5.09 Å². The number of benzene rings is 1. The molecule has 0 saturated heterocycles. The van der Waals surface area contributed by atoms with Crippen molar-refractivity contribution in [1.29, 1.82) is 0 Å². The van der Waals surface area contributed by atoms with Crippen LogP contribution in [0.5, 0.6) is 0 Å². The molecule has 1 aromatic carbocycles. The van der Waals surface area contributed by atoms with Crippen molar-refractivity contribution in [1.82, 2.24) is 0 Å². The molecule has 1 aromatic rings. The lowest BCUT2D eigenvalue weighted by Gasteiger charge is -2.05. The van der Waals surface area contributed by atoms with E-state index >= 15 is 0 Å². The van der Waals surface area contributed by atoms with Gasteiger partial charge in [-0.05, 0) is 41.5 Å². The van der Waals surface area contributed by atoms with Gasteiger partial charge in [-0.1, -0.05) is 17.7 Å². The van der Waals surface area contributed by atoms with Crippen molar-refractivity contribution in [2.45, 2.75) is 6.92 Å². The van der Waals surface area contributed by atoms with Crippen molar-refractivity contribution in [3.05, 3.63) is 29.8 Å². The Balaban J connectivity index is 2.78. The molecule has 66 valence electrons. The maximum atomic E-state index is 10.9. The Labute approximate surface area is 80.9 Å². The standard InChI is InChI=1S/C7H8Cl2NOP/c1-6-2-4-7(5-3-6)10-12(8,9)11/h2-5H,1H3,(H,10,11). The largest absolute Gasteiger partial charge is 0.343 e. The number of anilines is 1. The molecule has 1 N–H and O–H groups in total. The van der Waals surface area contributed by atoms with E-state index in [4.69, 9.17) is 22.5 Å². The van der Waals surface area contributed by atoms with Crippen LogP contribution in [0.15, 0.2) is 24.3 Å². The quantitative estimate of drug-likeness (QED) is 0.769. The summed E-state index contributed by atoms with van der Waals surface area (Å²) in [6.45, 7) is 1.96. The van der Waals surface area contributed by atoms with Crippen molar-refractivity contribution in [2.75, 3.05) is 5.09 Å². The van der Waals surface area contributed by atoms with Crippen LogP contribution in [0.3, 0.4) is 0 Å². The van der Waals surface area contributed by atoms with E-state index in [1.165, 1.54) is 0 Å². The number of nitrogens with one attached hydrogen (secondary N) is 1. The molecule has 0 bridgehead atoms. The van der Waals surface area contributed by atoms with Crippen LogP contribution in [0.1, 0.15) is 5.56 Å². The van der Waals surface area contributed by atoms with Gasteiger partial charge in [0.05, 0.1) is 0 Å². The molecule has 0 aliphatic heterocycles. The molecule has 0 unspecified atom stereocenters. The Kier molecular flexibility index (Phi) is 3.05. The molecule has 0 aromatic heterocycles. The molecule has 0 heterocycles. The molecule has 0 aliphatic rings.